The molecule has 1 aromatic rings. The molecule has 19 heavy (non-hydrogen) atoms. The molecule has 6 heteroatoms. The van der Waals surface area contributed by atoms with Gasteiger partial charge in [-0.05, 0) is 6.07 Å². The molecule has 2 heterocycles. The van der Waals surface area contributed by atoms with Crippen LogP contribution in [-0.2, 0) is 11.8 Å². The fourth-order valence-corrected chi connectivity index (χ4v) is 2.13. The van der Waals surface area contributed by atoms with E-state index in [1.165, 1.54) is 17.6 Å². The summed E-state index contributed by atoms with van der Waals surface area (Å²) in [6.45, 7) is 3.71. The molecule has 6 nitrogen and oxygen atoms in total. The van der Waals surface area contributed by atoms with Crippen molar-refractivity contribution in [3.63, 3.8) is 0 Å². The van der Waals surface area contributed by atoms with Crippen molar-refractivity contribution in [2.45, 2.75) is 6.92 Å². The van der Waals surface area contributed by atoms with Crippen molar-refractivity contribution in [1.82, 2.24) is 14.4 Å². The number of hydrogen-bond acceptors (Lipinski definition) is 3. The second-order valence-electron chi connectivity index (χ2n) is 4.67. The topological polar surface area (TPSA) is 62.6 Å². The lowest BCUT2D eigenvalue weighted by molar-refractivity contribution is -0.130. The molecule has 0 aromatic carbocycles. The first-order chi connectivity index (χ1) is 8.99. The van der Waals surface area contributed by atoms with E-state index in [9.17, 15) is 14.4 Å². The van der Waals surface area contributed by atoms with Crippen LogP contribution in [0, 0.1) is 0 Å². The summed E-state index contributed by atoms with van der Waals surface area (Å²) in [5.74, 6) is -0.0620. The van der Waals surface area contributed by atoms with Crippen LogP contribution in [0.25, 0.3) is 0 Å². The van der Waals surface area contributed by atoms with Crippen LogP contribution >= 0.6 is 0 Å². The van der Waals surface area contributed by atoms with Crippen LogP contribution in [0.5, 0.6) is 0 Å². The average molecular weight is 263 g/mol. The SMILES string of the molecule is CC(=O)N1CCN(C(=O)c2ccc(=O)n(C)c2)CC1. The number of amides is 2. The highest BCUT2D eigenvalue weighted by Gasteiger charge is 2.23. The van der Waals surface area contributed by atoms with E-state index in [0.717, 1.165) is 0 Å². The summed E-state index contributed by atoms with van der Waals surface area (Å²) in [4.78, 5) is 38.2. The highest BCUT2D eigenvalue weighted by atomic mass is 16.2. The quantitative estimate of drug-likeness (QED) is 0.698. The molecule has 0 saturated carbocycles. The number of hydrogen-bond donors (Lipinski definition) is 0. The number of pyridine rings is 1. The van der Waals surface area contributed by atoms with E-state index >= 15 is 0 Å². The van der Waals surface area contributed by atoms with Crippen molar-refractivity contribution >= 4 is 11.8 Å². The lowest BCUT2D eigenvalue weighted by atomic mass is 10.2. The van der Waals surface area contributed by atoms with Crippen molar-refractivity contribution in [1.29, 1.82) is 0 Å². The van der Waals surface area contributed by atoms with E-state index in [1.807, 2.05) is 0 Å². The summed E-state index contributed by atoms with van der Waals surface area (Å²) in [5, 5.41) is 0. The molecule has 0 unspecified atom stereocenters. The van der Waals surface area contributed by atoms with Gasteiger partial charge in [0.05, 0.1) is 5.56 Å². The van der Waals surface area contributed by atoms with Gasteiger partial charge in [-0.1, -0.05) is 0 Å². The summed E-state index contributed by atoms with van der Waals surface area (Å²) in [7, 11) is 1.62. The number of aromatic nitrogens is 1. The van der Waals surface area contributed by atoms with E-state index in [2.05, 4.69) is 0 Å². The molecule has 1 fully saturated rings. The number of carbonyl (C=O) groups is 2. The molecular formula is C13H17N3O3. The van der Waals surface area contributed by atoms with Crippen LogP contribution in [-0.4, -0.2) is 52.4 Å². The molecule has 102 valence electrons. The second-order valence-corrected chi connectivity index (χ2v) is 4.67. The van der Waals surface area contributed by atoms with Gasteiger partial charge in [-0.25, -0.2) is 0 Å². The maximum atomic E-state index is 12.2. The minimum atomic E-state index is -0.141. The largest absolute Gasteiger partial charge is 0.339 e. The first-order valence-electron chi connectivity index (χ1n) is 6.20. The molecule has 0 radical (unpaired) electrons. The summed E-state index contributed by atoms with van der Waals surface area (Å²) in [5.41, 5.74) is 0.358. The molecular weight excluding hydrogens is 246 g/mol. The molecule has 0 aliphatic carbocycles. The van der Waals surface area contributed by atoms with Crippen LogP contribution in [0.15, 0.2) is 23.1 Å². The maximum Gasteiger partial charge on any atom is 0.255 e. The van der Waals surface area contributed by atoms with E-state index in [1.54, 1.807) is 29.1 Å². The summed E-state index contributed by atoms with van der Waals surface area (Å²) in [6.07, 6.45) is 1.54. The van der Waals surface area contributed by atoms with Gasteiger partial charge in [0, 0.05) is 52.4 Å². The zero-order chi connectivity index (χ0) is 14.0. The van der Waals surface area contributed by atoms with E-state index in [4.69, 9.17) is 0 Å². The number of carbonyl (C=O) groups excluding carboxylic acids is 2. The Labute approximate surface area is 111 Å². The van der Waals surface area contributed by atoms with Crippen molar-refractivity contribution in [2.24, 2.45) is 7.05 Å². The molecule has 0 bridgehead atoms. The molecule has 1 aromatic heterocycles. The third-order valence-electron chi connectivity index (χ3n) is 3.34. The second kappa shape index (κ2) is 5.26. The van der Waals surface area contributed by atoms with Crippen molar-refractivity contribution in [3.8, 4) is 0 Å². The predicted octanol–water partition coefficient (Wildman–Crippen LogP) is -0.310. The fourth-order valence-electron chi connectivity index (χ4n) is 2.13. The molecule has 0 spiro atoms. The molecule has 0 atom stereocenters. The van der Waals surface area contributed by atoms with Crippen LogP contribution in [0.2, 0.25) is 0 Å². The zero-order valence-electron chi connectivity index (χ0n) is 11.1. The Morgan fingerprint density at radius 3 is 2.16 bits per heavy atom. The Morgan fingerprint density at radius 2 is 1.63 bits per heavy atom. The fraction of sp³-hybridized carbons (Fsp3) is 0.462. The monoisotopic (exact) mass is 263 g/mol. The number of piperazine rings is 1. The third kappa shape index (κ3) is 2.83. The van der Waals surface area contributed by atoms with Gasteiger partial charge in [0.15, 0.2) is 0 Å². The van der Waals surface area contributed by atoms with Crippen molar-refractivity contribution in [2.75, 3.05) is 26.2 Å². The highest BCUT2D eigenvalue weighted by Crippen LogP contribution is 2.07. The minimum Gasteiger partial charge on any atom is -0.339 e. The Morgan fingerprint density at radius 1 is 1.05 bits per heavy atom. The lowest BCUT2D eigenvalue weighted by Crippen LogP contribution is -2.50. The predicted molar refractivity (Wildman–Crippen MR) is 69.8 cm³/mol. The first-order valence-corrected chi connectivity index (χ1v) is 6.20. The number of rotatable bonds is 1. The summed E-state index contributed by atoms with van der Waals surface area (Å²) < 4.78 is 1.39. The number of nitrogens with zero attached hydrogens (tertiary/aromatic N) is 3. The lowest BCUT2D eigenvalue weighted by Gasteiger charge is -2.34. The normalized spacial score (nSPS) is 15.5. The van der Waals surface area contributed by atoms with Crippen LogP contribution in [0.3, 0.4) is 0 Å². The Balaban J connectivity index is 2.07. The van der Waals surface area contributed by atoms with Gasteiger partial charge in [-0.2, -0.15) is 0 Å². The molecule has 1 saturated heterocycles. The van der Waals surface area contributed by atoms with Gasteiger partial charge in [-0.3, -0.25) is 14.4 Å². The summed E-state index contributed by atoms with van der Waals surface area (Å²) in [6, 6.07) is 2.93. The third-order valence-corrected chi connectivity index (χ3v) is 3.34. The Kier molecular flexibility index (Phi) is 3.69. The molecule has 1 aliphatic rings. The standard InChI is InChI=1S/C13H17N3O3/c1-10(17)15-5-7-16(8-6-15)13(19)11-3-4-12(18)14(2)9-11/h3-4,9H,5-8H2,1-2H3. The van der Waals surface area contributed by atoms with Crippen LogP contribution in [0.4, 0.5) is 0 Å². The minimum absolute atomic E-state index is 0.0363. The van der Waals surface area contributed by atoms with E-state index in [0.29, 0.717) is 31.7 Å². The van der Waals surface area contributed by atoms with Gasteiger partial charge in [-0.15, -0.1) is 0 Å². The molecule has 2 amide bonds. The van der Waals surface area contributed by atoms with E-state index in [-0.39, 0.29) is 17.4 Å². The van der Waals surface area contributed by atoms with Gasteiger partial charge in [0.1, 0.15) is 0 Å². The Hall–Kier alpha value is -2.11. The van der Waals surface area contributed by atoms with Crippen molar-refractivity contribution in [3.05, 3.63) is 34.2 Å². The van der Waals surface area contributed by atoms with Crippen LogP contribution in [0.1, 0.15) is 17.3 Å². The Bertz CT molecular complexity index is 556. The smallest absolute Gasteiger partial charge is 0.255 e. The zero-order valence-corrected chi connectivity index (χ0v) is 11.1. The summed E-state index contributed by atoms with van der Waals surface area (Å²) >= 11 is 0. The van der Waals surface area contributed by atoms with Gasteiger partial charge in [0.2, 0.25) is 11.5 Å². The molecule has 1 aliphatic heterocycles. The van der Waals surface area contributed by atoms with E-state index < -0.39 is 0 Å². The average Bonchev–Trinajstić information content (AvgIpc) is 2.41. The first kappa shape index (κ1) is 13.3. The van der Waals surface area contributed by atoms with Gasteiger partial charge in [0.25, 0.3) is 5.91 Å². The molecule has 0 N–H and O–H groups in total. The van der Waals surface area contributed by atoms with Gasteiger partial charge < -0.3 is 14.4 Å². The maximum absolute atomic E-state index is 12.2. The van der Waals surface area contributed by atoms with Crippen molar-refractivity contribution < 1.29 is 9.59 Å². The van der Waals surface area contributed by atoms with Crippen LogP contribution < -0.4 is 5.56 Å². The molecule has 2 rings (SSSR count). The van der Waals surface area contributed by atoms with Gasteiger partial charge >= 0.3 is 0 Å². The number of aryl methyl sites for hydroxylation is 1. The highest BCUT2D eigenvalue weighted by molar-refractivity contribution is 5.94.